The van der Waals surface area contributed by atoms with Crippen LogP contribution in [0.4, 0.5) is 0 Å². The van der Waals surface area contributed by atoms with Gasteiger partial charge < -0.3 is 20.3 Å². The Morgan fingerprint density at radius 2 is 0.963 bits per heavy atom. The number of carbonyl (C=O) groups excluding carboxylic acids is 2. The van der Waals surface area contributed by atoms with Crippen LogP contribution in [0.1, 0.15) is 233 Å². The summed E-state index contributed by atoms with van der Waals surface area (Å²) in [6.45, 7) is 6.41. The van der Waals surface area contributed by atoms with Gasteiger partial charge >= 0.3 is 5.97 Å². The van der Waals surface area contributed by atoms with Gasteiger partial charge in [0, 0.05) is 6.42 Å². The van der Waals surface area contributed by atoms with Gasteiger partial charge in [-0.3, -0.25) is 9.59 Å². The van der Waals surface area contributed by atoms with Crippen molar-refractivity contribution >= 4 is 11.9 Å². The molecule has 0 spiro atoms. The lowest BCUT2D eigenvalue weighted by atomic mass is 10.0. The van der Waals surface area contributed by atoms with Gasteiger partial charge in [-0.15, -0.1) is 0 Å². The molecule has 0 aliphatic carbocycles. The van der Waals surface area contributed by atoms with Gasteiger partial charge in [0.1, 0.15) is 6.10 Å². The van der Waals surface area contributed by atoms with E-state index < -0.39 is 18.2 Å². The maximum atomic E-state index is 13.1. The maximum absolute atomic E-state index is 13.1. The average Bonchev–Trinajstić information content (AvgIpc) is 3.16. The van der Waals surface area contributed by atoms with E-state index in [1.165, 1.54) is 122 Å². The maximum Gasteiger partial charge on any atom is 0.306 e. The Morgan fingerprint density at radius 3 is 1.50 bits per heavy atom. The molecule has 0 heterocycles. The molecule has 0 aromatic carbocycles. The zero-order valence-corrected chi connectivity index (χ0v) is 35.9. The van der Waals surface area contributed by atoms with Crippen LogP contribution in [-0.4, -0.2) is 46.9 Å². The number of hydrogen-bond donors (Lipinski definition) is 3. The Morgan fingerprint density at radius 1 is 0.537 bits per heavy atom. The molecule has 0 aromatic heterocycles. The number of hydrogen-bond acceptors (Lipinski definition) is 5. The number of allylic oxidation sites excluding steroid dienone is 6. The largest absolute Gasteiger partial charge is 0.462 e. The summed E-state index contributed by atoms with van der Waals surface area (Å²) >= 11 is 0. The van der Waals surface area contributed by atoms with Crippen LogP contribution < -0.4 is 5.32 Å². The van der Waals surface area contributed by atoms with E-state index in [1.54, 1.807) is 0 Å². The molecule has 6 nitrogen and oxygen atoms in total. The van der Waals surface area contributed by atoms with Crippen LogP contribution in [0.25, 0.3) is 0 Å². The summed E-state index contributed by atoms with van der Waals surface area (Å²) in [4.78, 5) is 25.9. The zero-order valence-electron chi connectivity index (χ0n) is 35.9. The average molecular weight is 760 g/mol. The van der Waals surface area contributed by atoms with Gasteiger partial charge in [-0.05, 0) is 70.6 Å². The van der Waals surface area contributed by atoms with Crippen molar-refractivity contribution in [3.05, 3.63) is 36.5 Å². The summed E-state index contributed by atoms with van der Waals surface area (Å²) in [5, 5.41) is 23.6. The third-order valence-corrected chi connectivity index (χ3v) is 10.5. The molecule has 0 aromatic rings. The summed E-state index contributed by atoms with van der Waals surface area (Å²) in [5.74, 6) is -0.531. The fourth-order valence-electron chi connectivity index (χ4n) is 6.89. The van der Waals surface area contributed by atoms with Crippen molar-refractivity contribution in [3.63, 3.8) is 0 Å². The third kappa shape index (κ3) is 37.0. The minimum absolute atomic E-state index is 0.0427. The monoisotopic (exact) mass is 760 g/mol. The van der Waals surface area contributed by atoms with Gasteiger partial charge in [-0.25, -0.2) is 0 Å². The van der Waals surface area contributed by atoms with Gasteiger partial charge in [0.2, 0.25) is 5.91 Å². The molecule has 0 fully saturated rings. The van der Waals surface area contributed by atoms with Crippen molar-refractivity contribution in [1.29, 1.82) is 0 Å². The van der Waals surface area contributed by atoms with Gasteiger partial charge in [0.25, 0.3) is 0 Å². The second-order valence-corrected chi connectivity index (χ2v) is 15.8. The van der Waals surface area contributed by atoms with Crippen molar-refractivity contribution in [3.8, 4) is 0 Å². The van der Waals surface area contributed by atoms with Gasteiger partial charge in [-0.1, -0.05) is 186 Å². The highest BCUT2D eigenvalue weighted by molar-refractivity contribution is 5.77. The van der Waals surface area contributed by atoms with E-state index in [4.69, 9.17) is 4.74 Å². The zero-order chi connectivity index (χ0) is 39.6. The van der Waals surface area contributed by atoms with E-state index >= 15 is 0 Å². The molecule has 0 saturated carbocycles. The first-order valence-corrected chi connectivity index (χ1v) is 23.2. The summed E-state index contributed by atoms with van der Waals surface area (Å²) in [7, 11) is 0. The van der Waals surface area contributed by atoms with E-state index in [1.807, 2.05) is 0 Å². The summed E-state index contributed by atoms with van der Waals surface area (Å²) in [5.41, 5.74) is 0. The van der Waals surface area contributed by atoms with Crippen molar-refractivity contribution in [2.24, 2.45) is 0 Å². The van der Waals surface area contributed by atoms with Crippen molar-refractivity contribution in [1.82, 2.24) is 5.32 Å². The number of carbonyl (C=O) groups is 2. The van der Waals surface area contributed by atoms with Crippen LogP contribution >= 0.6 is 0 Å². The molecule has 316 valence electrons. The highest BCUT2D eigenvalue weighted by Gasteiger charge is 2.24. The fraction of sp³-hybridized carbons (Fsp3) is 0.833. The van der Waals surface area contributed by atoms with Gasteiger partial charge in [-0.2, -0.15) is 0 Å². The van der Waals surface area contributed by atoms with Crippen LogP contribution in [0, 0.1) is 0 Å². The number of unbranched alkanes of at least 4 members (excludes halogenated alkanes) is 24. The molecular weight excluding hydrogens is 671 g/mol. The molecule has 1 amide bonds. The molecule has 3 atom stereocenters. The van der Waals surface area contributed by atoms with Crippen LogP contribution in [0.2, 0.25) is 0 Å². The van der Waals surface area contributed by atoms with Crippen LogP contribution in [0.15, 0.2) is 36.5 Å². The topological polar surface area (TPSA) is 95.9 Å². The minimum atomic E-state index is -0.796. The van der Waals surface area contributed by atoms with E-state index in [0.717, 1.165) is 64.2 Å². The quantitative estimate of drug-likeness (QED) is 0.0250. The SMILES string of the molecule is CCCCC/C=C\CCCCCCCC(=O)OC(CCC/C=C/C=C/CCCCCCCCC)CC(=O)NC(CO)C(O)CCCCCCCCCCC. The molecule has 0 saturated heterocycles. The molecule has 0 radical (unpaired) electrons. The second-order valence-electron chi connectivity index (χ2n) is 15.8. The molecule has 0 rings (SSSR count). The lowest BCUT2D eigenvalue weighted by Gasteiger charge is -2.24. The van der Waals surface area contributed by atoms with Crippen molar-refractivity contribution in [2.75, 3.05) is 6.61 Å². The Kier molecular flexibility index (Phi) is 40.7. The van der Waals surface area contributed by atoms with E-state index in [9.17, 15) is 19.8 Å². The fourth-order valence-corrected chi connectivity index (χ4v) is 6.89. The highest BCUT2D eigenvalue weighted by Crippen LogP contribution is 2.16. The van der Waals surface area contributed by atoms with Crippen LogP contribution in [-0.2, 0) is 14.3 Å². The smallest absolute Gasteiger partial charge is 0.306 e. The molecule has 0 aliphatic heterocycles. The van der Waals surface area contributed by atoms with E-state index in [2.05, 4.69) is 62.5 Å². The summed E-state index contributed by atoms with van der Waals surface area (Å²) in [6.07, 6.45) is 47.8. The number of ether oxygens (including phenoxy) is 1. The Bertz CT molecular complexity index is 900. The molecule has 0 aliphatic rings. The molecule has 3 unspecified atom stereocenters. The number of amides is 1. The van der Waals surface area contributed by atoms with E-state index in [0.29, 0.717) is 19.3 Å². The minimum Gasteiger partial charge on any atom is -0.462 e. The van der Waals surface area contributed by atoms with Gasteiger partial charge in [0.05, 0.1) is 25.2 Å². The lowest BCUT2D eigenvalue weighted by Crippen LogP contribution is -2.46. The van der Waals surface area contributed by atoms with Gasteiger partial charge in [0.15, 0.2) is 0 Å². The number of rotatable bonds is 41. The number of aliphatic hydroxyl groups is 2. The first-order chi connectivity index (χ1) is 26.5. The lowest BCUT2D eigenvalue weighted by molar-refractivity contribution is -0.151. The molecule has 3 N–H and O–H groups in total. The molecule has 54 heavy (non-hydrogen) atoms. The summed E-state index contributed by atoms with van der Waals surface area (Å²) < 4.78 is 5.87. The number of esters is 1. The van der Waals surface area contributed by atoms with E-state index in [-0.39, 0.29) is 24.9 Å². The Hall–Kier alpha value is -1.92. The predicted molar refractivity (Wildman–Crippen MR) is 232 cm³/mol. The first-order valence-electron chi connectivity index (χ1n) is 23.2. The van der Waals surface area contributed by atoms with Crippen LogP contribution in [0.3, 0.4) is 0 Å². The number of nitrogens with one attached hydrogen (secondary N) is 1. The standard InChI is InChI=1S/C48H89NO5/c1-4-7-10-13-16-19-21-23-24-25-28-30-33-36-39-44(54-48(53)41-38-35-32-29-26-22-20-17-14-11-8-5-2)42-47(52)49-45(43-50)46(51)40-37-34-31-27-18-15-12-9-6-3/h17,20,24-25,28,30,44-46,50-51H,4-16,18-19,21-23,26-27,29,31-43H2,1-3H3,(H,49,52)/b20-17-,25-24+,30-28+. The second kappa shape index (κ2) is 42.2. The number of aliphatic hydroxyl groups excluding tert-OH is 2. The highest BCUT2D eigenvalue weighted by atomic mass is 16.5. The Balaban J connectivity index is 4.69. The van der Waals surface area contributed by atoms with Crippen LogP contribution in [0.5, 0.6) is 0 Å². The van der Waals surface area contributed by atoms with Crippen molar-refractivity contribution < 1.29 is 24.5 Å². The third-order valence-electron chi connectivity index (χ3n) is 10.5. The Labute approximate surface area is 334 Å². The normalized spacial score (nSPS) is 13.6. The molecular formula is C48H89NO5. The molecule has 6 heteroatoms. The summed E-state index contributed by atoms with van der Waals surface area (Å²) in [6, 6.07) is -0.713. The van der Waals surface area contributed by atoms with Crippen molar-refractivity contribution in [2.45, 2.75) is 251 Å². The molecule has 0 bridgehead atoms. The first kappa shape index (κ1) is 52.1. The predicted octanol–water partition coefficient (Wildman–Crippen LogP) is 13.3.